The molecule has 2 saturated heterocycles. The predicted octanol–water partition coefficient (Wildman–Crippen LogP) is 6.03. The summed E-state index contributed by atoms with van der Waals surface area (Å²) >= 11 is 0. The summed E-state index contributed by atoms with van der Waals surface area (Å²) in [6, 6.07) is 7.16. The van der Waals surface area contributed by atoms with E-state index in [-0.39, 0.29) is 37.5 Å². The Kier molecular flexibility index (Phi) is 15.3. The van der Waals surface area contributed by atoms with Crippen molar-refractivity contribution in [3.05, 3.63) is 59.3 Å². The van der Waals surface area contributed by atoms with E-state index < -0.39 is 77.8 Å². The minimum atomic E-state index is -2.49. The number of ketones is 2. The van der Waals surface area contributed by atoms with Crippen molar-refractivity contribution in [2.75, 3.05) is 20.8 Å². The van der Waals surface area contributed by atoms with E-state index in [1.807, 2.05) is 52.2 Å². The van der Waals surface area contributed by atoms with Gasteiger partial charge < -0.3 is 38.6 Å². The SMILES string of the molecule is CCC1C=C(C)CC(C)CC(OC)C2OC(O)(C(=O)C(=O)N3CCCCC3C(=O)OC(C(C)=CCc3ccc4c(ccn4C)c3)C(C)C(O)CC1=O)C(C)CC2OC. The number of piperidine rings is 1. The molecule has 3 aliphatic rings. The molecule has 2 N–H and O–H groups in total. The molecule has 0 aliphatic carbocycles. The zero-order valence-corrected chi connectivity index (χ0v) is 35.9. The zero-order chi connectivity index (χ0) is 42.5. The third-order valence-electron chi connectivity index (χ3n) is 12.9. The van der Waals surface area contributed by atoms with Gasteiger partial charge in [-0.05, 0) is 106 Å². The summed E-state index contributed by atoms with van der Waals surface area (Å²) in [5.74, 6) is -7.37. The Bertz CT molecular complexity index is 1850. The van der Waals surface area contributed by atoms with Crippen molar-refractivity contribution < 1.29 is 48.3 Å². The maximum atomic E-state index is 14.3. The van der Waals surface area contributed by atoms with Crippen LogP contribution in [0.25, 0.3) is 10.9 Å². The van der Waals surface area contributed by atoms with Gasteiger partial charge in [0.25, 0.3) is 11.7 Å². The van der Waals surface area contributed by atoms with E-state index in [1.165, 1.54) is 19.1 Å². The van der Waals surface area contributed by atoms with E-state index >= 15 is 0 Å². The third kappa shape index (κ3) is 10.0. The number of fused-ring (bicyclic) bond motifs is 4. The summed E-state index contributed by atoms with van der Waals surface area (Å²) in [5.41, 5.74) is 3.85. The number of hydrogen-bond donors (Lipinski definition) is 2. The Labute approximate surface area is 343 Å². The predicted molar refractivity (Wildman–Crippen MR) is 221 cm³/mol. The van der Waals surface area contributed by atoms with Crippen molar-refractivity contribution in [1.82, 2.24) is 9.47 Å². The van der Waals surface area contributed by atoms with Gasteiger partial charge in [-0.15, -0.1) is 0 Å². The molecule has 11 unspecified atom stereocenters. The van der Waals surface area contributed by atoms with Gasteiger partial charge in [0.1, 0.15) is 24.0 Å². The summed E-state index contributed by atoms with van der Waals surface area (Å²) in [4.78, 5) is 57.8. The van der Waals surface area contributed by atoms with Crippen LogP contribution in [0, 0.1) is 23.7 Å². The molecule has 1 aromatic carbocycles. The van der Waals surface area contributed by atoms with Crippen LogP contribution in [0.5, 0.6) is 0 Å². The molecular formula is C46H66N2O10. The van der Waals surface area contributed by atoms with Gasteiger partial charge in [-0.3, -0.25) is 14.4 Å². The number of aliphatic hydroxyl groups is 2. The highest BCUT2D eigenvalue weighted by molar-refractivity contribution is 6.39. The van der Waals surface area contributed by atoms with Gasteiger partial charge in [-0.1, -0.05) is 51.5 Å². The van der Waals surface area contributed by atoms with Crippen molar-refractivity contribution in [1.29, 1.82) is 0 Å². The topological polar surface area (TPSA) is 154 Å². The molecule has 5 rings (SSSR count). The molecule has 0 radical (unpaired) electrons. The minimum Gasteiger partial charge on any atom is -0.456 e. The lowest BCUT2D eigenvalue weighted by molar-refractivity contribution is -0.302. The van der Waals surface area contributed by atoms with Gasteiger partial charge in [0.05, 0.1) is 18.3 Å². The quantitative estimate of drug-likeness (QED) is 0.201. The van der Waals surface area contributed by atoms with Crippen LogP contribution in [0.15, 0.2) is 53.8 Å². The van der Waals surface area contributed by atoms with E-state index in [1.54, 1.807) is 13.8 Å². The number of amides is 1. The van der Waals surface area contributed by atoms with Crippen molar-refractivity contribution >= 4 is 34.3 Å². The Morgan fingerprint density at radius 2 is 1.72 bits per heavy atom. The number of benzene rings is 1. The Balaban J connectivity index is 1.52. The number of ether oxygens (including phenoxy) is 4. The number of methoxy groups -OCH3 is 2. The molecule has 2 bridgehead atoms. The molecule has 12 nitrogen and oxygen atoms in total. The van der Waals surface area contributed by atoms with Crippen molar-refractivity contribution in [3.8, 4) is 0 Å². The average molecular weight is 807 g/mol. The largest absolute Gasteiger partial charge is 0.456 e. The summed E-state index contributed by atoms with van der Waals surface area (Å²) in [6.07, 6.45) is 5.56. The molecule has 4 heterocycles. The number of allylic oxidation sites excluding steroid dienone is 3. The molecule has 2 fully saturated rings. The van der Waals surface area contributed by atoms with E-state index in [2.05, 4.69) is 29.7 Å². The number of cyclic esters (lactones) is 1. The Morgan fingerprint density at radius 3 is 2.41 bits per heavy atom. The highest BCUT2D eigenvalue weighted by Gasteiger charge is 2.56. The summed E-state index contributed by atoms with van der Waals surface area (Å²) in [5, 5.41) is 24.8. The van der Waals surface area contributed by atoms with Crippen LogP contribution in [0.4, 0.5) is 0 Å². The number of carbonyl (C=O) groups is 4. The number of rotatable bonds is 6. The standard InChI is InChI=1S/C46H66N2O10/c1-10-33-22-27(2)21-28(3)23-39(55-8)42-40(56-9)24-30(5)46(54,58-42)43(51)44(52)48-19-12-11-13-36(48)45(53)57-41(31(6)37(49)26-38(33)50)29(4)14-15-32-16-17-35-34(25-32)18-20-47(35)7/h14,16-18,20,22,25,28,30-31,33,36-37,39-42,49,54H,10-13,15,19,21,23-24,26H2,1-9H3. The number of aliphatic hydroxyl groups excluding tert-OH is 1. The van der Waals surface area contributed by atoms with Crippen LogP contribution >= 0.6 is 0 Å². The Morgan fingerprint density at radius 1 is 1.02 bits per heavy atom. The van der Waals surface area contributed by atoms with Gasteiger partial charge in [-0.25, -0.2) is 4.79 Å². The van der Waals surface area contributed by atoms with Gasteiger partial charge in [-0.2, -0.15) is 0 Å². The van der Waals surface area contributed by atoms with Gasteiger partial charge in [0.15, 0.2) is 0 Å². The molecule has 0 saturated carbocycles. The molecule has 1 amide bonds. The molecule has 58 heavy (non-hydrogen) atoms. The molecule has 320 valence electrons. The van der Waals surface area contributed by atoms with E-state index in [9.17, 15) is 29.4 Å². The van der Waals surface area contributed by atoms with E-state index in [4.69, 9.17) is 18.9 Å². The number of carbonyl (C=O) groups excluding carboxylic acids is 4. The molecule has 12 heteroatoms. The van der Waals surface area contributed by atoms with Crippen LogP contribution in [0.1, 0.15) is 98.5 Å². The van der Waals surface area contributed by atoms with Crippen LogP contribution in [-0.2, 0) is 51.6 Å². The first-order valence-corrected chi connectivity index (χ1v) is 21.1. The van der Waals surface area contributed by atoms with Gasteiger partial charge >= 0.3 is 5.97 Å². The fraction of sp³-hybridized carbons (Fsp3) is 0.652. The summed E-state index contributed by atoms with van der Waals surface area (Å²) < 4.78 is 26.3. The number of hydrogen-bond acceptors (Lipinski definition) is 10. The highest BCUT2D eigenvalue weighted by Crippen LogP contribution is 2.39. The molecular weight excluding hydrogens is 741 g/mol. The van der Waals surface area contributed by atoms with E-state index in [0.717, 1.165) is 22.0 Å². The molecule has 1 aromatic heterocycles. The monoisotopic (exact) mass is 806 g/mol. The second kappa shape index (κ2) is 19.6. The number of aromatic nitrogens is 1. The smallest absolute Gasteiger partial charge is 0.329 e. The molecule has 0 spiro atoms. The highest BCUT2D eigenvalue weighted by atomic mass is 16.7. The first-order chi connectivity index (χ1) is 27.5. The van der Waals surface area contributed by atoms with Crippen molar-refractivity contribution in [3.63, 3.8) is 0 Å². The zero-order valence-electron chi connectivity index (χ0n) is 35.9. The Hall–Kier alpha value is -3.68. The van der Waals surface area contributed by atoms with Crippen molar-refractivity contribution in [2.45, 2.75) is 142 Å². The number of aryl methyl sites for hydroxylation is 1. The minimum absolute atomic E-state index is 0.0433. The summed E-state index contributed by atoms with van der Waals surface area (Å²) in [7, 11) is 5.07. The fourth-order valence-electron chi connectivity index (χ4n) is 9.23. The van der Waals surface area contributed by atoms with Crippen LogP contribution in [0.2, 0.25) is 0 Å². The number of nitrogens with zero attached hydrogens (tertiary/aromatic N) is 2. The maximum absolute atomic E-state index is 14.3. The normalized spacial score (nSPS) is 34.3. The average Bonchev–Trinajstić information content (AvgIpc) is 3.58. The fourth-order valence-corrected chi connectivity index (χ4v) is 9.23. The second-order valence-electron chi connectivity index (χ2n) is 17.3. The van der Waals surface area contributed by atoms with Crippen LogP contribution in [-0.4, -0.2) is 106 Å². The van der Waals surface area contributed by atoms with Crippen molar-refractivity contribution in [2.24, 2.45) is 30.7 Å². The lowest BCUT2D eigenvalue weighted by Crippen LogP contribution is -2.64. The number of Topliss-reactive ketones (excluding diaryl/α,β-unsaturated/α-hetero) is 2. The lowest BCUT2D eigenvalue weighted by atomic mass is 9.82. The second-order valence-corrected chi connectivity index (χ2v) is 17.3. The van der Waals surface area contributed by atoms with Crippen LogP contribution < -0.4 is 0 Å². The molecule has 2 aromatic rings. The van der Waals surface area contributed by atoms with E-state index in [0.29, 0.717) is 44.1 Å². The first kappa shape index (κ1) is 45.4. The van der Waals surface area contributed by atoms with Gasteiger partial charge in [0.2, 0.25) is 5.79 Å². The molecule has 11 atom stereocenters. The summed E-state index contributed by atoms with van der Waals surface area (Å²) in [6.45, 7) is 11.4. The van der Waals surface area contributed by atoms with Crippen LogP contribution in [0.3, 0.4) is 0 Å². The first-order valence-electron chi connectivity index (χ1n) is 21.1. The molecule has 3 aliphatic heterocycles. The number of esters is 1. The lowest BCUT2D eigenvalue weighted by Gasteiger charge is -2.47. The third-order valence-corrected chi connectivity index (χ3v) is 12.9. The van der Waals surface area contributed by atoms with Gasteiger partial charge in [0, 0.05) is 63.7 Å². The maximum Gasteiger partial charge on any atom is 0.329 e.